The fraction of sp³-hybridized carbons (Fsp3) is 0.786. The van der Waals surface area contributed by atoms with Crippen molar-refractivity contribution in [2.75, 3.05) is 43.5 Å². The van der Waals surface area contributed by atoms with Crippen LogP contribution in [0, 0.1) is 11.3 Å². The molecule has 212 valence electrons. The Kier molecular flexibility index (Phi) is 8.40. The van der Waals surface area contributed by atoms with Gasteiger partial charge in [-0.25, -0.2) is 9.78 Å². The number of rotatable bonds is 8. The lowest BCUT2D eigenvalue weighted by Gasteiger charge is -2.47. The van der Waals surface area contributed by atoms with E-state index in [2.05, 4.69) is 29.4 Å². The lowest BCUT2D eigenvalue weighted by molar-refractivity contribution is -0.120. The summed E-state index contributed by atoms with van der Waals surface area (Å²) in [6, 6.07) is -0.140. The number of nitrogens with one attached hydrogen (secondary N) is 2. The van der Waals surface area contributed by atoms with Crippen molar-refractivity contribution in [1.29, 1.82) is 0 Å². The molecule has 3 N–H and O–H groups in total. The number of nitrogens with zero attached hydrogens (tertiary/aromatic N) is 4. The Morgan fingerprint density at radius 2 is 1.87 bits per heavy atom. The van der Waals surface area contributed by atoms with Crippen LogP contribution in [0.15, 0.2) is 0 Å². The van der Waals surface area contributed by atoms with Crippen molar-refractivity contribution >= 4 is 23.8 Å². The Morgan fingerprint density at radius 3 is 2.50 bits per heavy atom. The van der Waals surface area contributed by atoms with E-state index < -0.39 is 5.60 Å². The van der Waals surface area contributed by atoms with Gasteiger partial charge in [-0.2, -0.15) is 4.98 Å². The zero-order chi connectivity index (χ0) is 27.7. The van der Waals surface area contributed by atoms with Crippen LogP contribution in [0.3, 0.4) is 0 Å². The summed E-state index contributed by atoms with van der Waals surface area (Å²) in [5.74, 6) is 1.88. The standard InChI is InChI=1S/C28H46N6O4/c1-18(2)11-19(12-23(36)29-6)30-24-21-9-7-8-10-22(21)31-25(32-24)34-17-28(13-20(34)14-35)15-33(16-28)26(37)38-27(3,4)5/h18-20,35H,7-17H2,1-6H3,(H,29,36)(H,30,31,32)/t19-,20+/m0/s1. The average Bonchev–Trinajstić information content (AvgIpc) is 3.22. The van der Waals surface area contributed by atoms with Gasteiger partial charge in [-0.15, -0.1) is 0 Å². The maximum atomic E-state index is 12.5. The molecule has 0 radical (unpaired) electrons. The molecule has 1 aromatic heterocycles. The summed E-state index contributed by atoms with van der Waals surface area (Å²) in [6.07, 6.45) is 5.74. The Bertz CT molecular complexity index is 1020. The number of hydrogen-bond donors (Lipinski definition) is 3. The number of aryl methyl sites for hydroxylation is 1. The Balaban J connectivity index is 1.56. The van der Waals surface area contributed by atoms with Gasteiger partial charge in [-0.3, -0.25) is 4.79 Å². The molecule has 1 aliphatic carbocycles. The molecule has 2 aliphatic heterocycles. The second-order valence-electron chi connectivity index (χ2n) is 12.9. The maximum absolute atomic E-state index is 12.5. The predicted molar refractivity (Wildman–Crippen MR) is 147 cm³/mol. The van der Waals surface area contributed by atoms with Crippen molar-refractivity contribution in [3.05, 3.63) is 11.3 Å². The quantitative estimate of drug-likeness (QED) is 0.469. The fourth-order valence-electron chi connectivity index (χ4n) is 6.12. The lowest BCUT2D eigenvalue weighted by atomic mass is 9.78. The molecule has 10 heteroatoms. The number of carbonyl (C=O) groups is 2. The third-order valence-corrected chi connectivity index (χ3v) is 7.77. The van der Waals surface area contributed by atoms with Crippen molar-refractivity contribution in [1.82, 2.24) is 20.2 Å². The summed E-state index contributed by atoms with van der Waals surface area (Å²) in [4.78, 5) is 38.7. The molecule has 38 heavy (non-hydrogen) atoms. The molecule has 3 aliphatic rings. The molecular formula is C28H46N6O4. The van der Waals surface area contributed by atoms with Crippen LogP contribution >= 0.6 is 0 Å². The number of anilines is 2. The van der Waals surface area contributed by atoms with Gasteiger partial charge in [-0.1, -0.05) is 13.8 Å². The number of amides is 2. The molecule has 0 saturated carbocycles. The van der Waals surface area contributed by atoms with Crippen molar-refractivity contribution in [2.24, 2.45) is 11.3 Å². The predicted octanol–water partition coefficient (Wildman–Crippen LogP) is 3.13. The molecular weight excluding hydrogens is 484 g/mol. The second-order valence-corrected chi connectivity index (χ2v) is 12.9. The maximum Gasteiger partial charge on any atom is 0.410 e. The topological polar surface area (TPSA) is 120 Å². The molecule has 2 atom stereocenters. The van der Waals surface area contributed by atoms with Crippen molar-refractivity contribution in [3.8, 4) is 0 Å². The first-order valence-electron chi connectivity index (χ1n) is 14.1. The minimum atomic E-state index is -0.527. The van der Waals surface area contributed by atoms with E-state index in [1.54, 1.807) is 11.9 Å². The summed E-state index contributed by atoms with van der Waals surface area (Å²) in [5, 5.41) is 16.7. The molecule has 10 nitrogen and oxygen atoms in total. The minimum Gasteiger partial charge on any atom is -0.444 e. The molecule has 0 unspecified atom stereocenters. The number of fused-ring (bicyclic) bond motifs is 1. The molecule has 0 bridgehead atoms. The lowest BCUT2D eigenvalue weighted by Crippen LogP contribution is -2.60. The summed E-state index contributed by atoms with van der Waals surface area (Å²) >= 11 is 0. The first-order chi connectivity index (χ1) is 17.9. The van der Waals surface area contributed by atoms with Gasteiger partial charge >= 0.3 is 6.09 Å². The van der Waals surface area contributed by atoms with Crippen LogP contribution in [-0.2, 0) is 22.4 Å². The highest BCUT2D eigenvalue weighted by molar-refractivity contribution is 5.76. The van der Waals surface area contributed by atoms with Crippen LogP contribution in [0.1, 0.15) is 78.0 Å². The minimum absolute atomic E-state index is 0.00401. The monoisotopic (exact) mass is 530 g/mol. The summed E-state index contributed by atoms with van der Waals surface area (Å²) < 4.78 is 5.55. The van der Waals surface area contributed by atoms with Gasteiger partial charge in [0.05, 0.1) is 18.3 Å². The van der Waals surface area contributed by atoms with Crippen LogP contribution in [-0.4, -0.2) is 82.9 Å². The normalized spacial score (nSPS) is 21.2. The van der Waals surface area contributed by atoms with E-state index >= 15 is 0 Å². The van der Waals surface area contributed by atoms with E-state index in [0.29, 0.717) is 37.9 Å². The van der Waals surface area contributed by atoms with Gasteiger partial charge in [0, 0.05) is 50.1 Å². The molecule has 3 heterocycles. The van der Waals surface area contributed by atoms with E-state index in [9.17, 15) is 14.7 Å². The van der Waals surface area contributed by atoms with Crippen LogP contribution in [0.4, 0.5) is 16.6 Å². The fourth-order valence-corrected chi connectivity index (χ4v) is 6.12. The summed E-state index contributed by atoms with van der Waals surface area (Å²) in [5.41, 5.74) is 1.59. The molecule has 4 rings (SSSR count). The Hall–Kier alpha value is -2.62. The first-order valence-corrected chi connectivity index (χ1v) is 14.1. The highest BCUT2D eigenvalue weighted by Crippen LogP contribution is 2.44. The van der Waals surface area contributed by atoms with E-state index in [1.807, 2.05) is 20.8 Å². The van der Waals surface area contributed by atoms with E-state index in [0.717, 1.165) is 55.6 Å². The number of likely N-dealkylation sites (tertiary alicyclic amines) is 1. The zero-order valence-corrected chi connectivity index (χ0v) is 24.0. The van der Waals surface area contributed by atoms with Gasteiger partial charge in [0.15, 0.2) is 0 Å². The smallest absolute Gasteiger partial charge is 0.410 e. The molecule has 1 aromatic rings. The highest BCUT2D eigenvalue weighted by atomic mass is 16.6. The zero-order valence-electron chi connectivity index (χ0n) is 24.0. The van der Waals surface area contributed by atoms with Gasteiger partial charge < -0.3 is 30.3 Å². The highest BCUT2D eigenvalue weighted by Gasteiger charge is 2.54. The summed E-state index contributed by atoms with van der Waals surface area (Å²) in [6.45, 7) is 11.8. The molecule has 2 saturated heterocycles. The van der Waals surface area contributed by atoms with Crippen LogP contribution in [0.5, 0.6) is 0 Å². The number of hydrogen-bond acceptors (Lipinski definition) is 8. The number of carbonyl (C=O) groups excluding carboxylic acids is 2. The Morgan fingerprint density at radius 1 is 1.16 bits per heavy atom. The Labute approximate surface area is 226 Å². The first kappa shape index (κ1) is 28.4. The molecule has 2 amide bonds. The number of aliphatic hydroxyl groups excluding tert-OH is 1. The van der Waals surface area contributed by atoms with Gasteiger partial charge in [0.1, 0.15) is 11.4 Å². The van der Waals surface area contributed by atoms with E-state index in [4.69, 9.17) is 14.7 Å². The van der Waals surface area contributed by atoms with E-state index in [-0.39, 0.29) is 36.1 Å². The van der Waals surface area contributed by atoms with Gasteiger partial charge in [0.2, 0.25) is 11.9 Å². The van der Waals surface area contributed by atoms with Crippen molar-refractivity contribution < 1.29 is 19.4 Å². The third-order valence-electron chi connectivity index (χ3n) is 7.77. The van der Waals surface area contributed by atoms with Gasteiger partial charge in [0.25, 0.3) is 0 Å². The SMILES string of the molecule is CNC(=O)C[C@H](CC(C)C)Nc1nc(N2CC3(C[C@@H]2CO)CN(C(=O)OC(C)(C)C)C3)nc2c1CCCC2. The van der Waals surface area contributed by atoms with Crippen molar-refractivity contribution in [3.63, 3.8) is 0 Å². The number of aliphatic hydroxyl groups is 1. The van der Waals surface area contributed by atoms with E-state index in [1.165, 1.54) is 0 Å². The molecule has 1 spiro atoms. The van der Waals surface area contributed by atoms with Crippen molar-refractivity contribution in [2.45, 2.75) is 97.2 Å². The second kappa shape index (κ2) is 11.2. The van der Waals surface area contributed by atoms with Crippen LogP contribution in [0.25, 0.3) is 0 Å². The molecule has 2 fully saturated rings. The third kappa shape index (κ3) is 6.50. The largest absolute Gasteiger partial charge is 0.444 e. The van der Waals surface area contributed by atoms with Crippen LogP contribution in [0.2, 0.25) is 0 Å². The number of ether oxygens (including phenoxy) is 1. The molecule has 0 aromatic carbocycles. The average molecular weight is 531 g/mol. The van der Waals surface area contributed by atoms with Crippen LogP contribution < -0.4 is 15.5 Å². The number of aromatic nitrogens is 2. The summed E-state index contributed by atoms with van der Waals surface area (Å²) in [7, 11) is 1.67. The van der Waals surface area contributed by atoms with Gasteiger partial charge in [-0.05, 0) is 65.2 Å².